The number of nitrogens with zero attached hydrogens (tertiary/aromatic N) is 1. The maximum absolute atomic E-state index is 5.67. The third kappa shape index (κ3) is 1.89. The summed E-state index contributed by atoms with van der Waals surface area (Å²) in [5.74, 6) is 0.512. The van der Waals surface area contributed by atoms with Crippen molar-refractivity contribution < 1.29 is 9.47 Å². The fourth-order valence-corrected chi connectivity index (χ4v) is 1.27. The van der Waals surface area contributed by atoms with Crippen LogP contribution in [0.5, 0.6) is 5.88 Å². The Bertz CT molecular complexity index is 285. The number of aromatic nitrogens is 1. The van der Waals surface area contributed by atoms with Crippen LogP contribution >= 0.6 is 0 Å². The summed E-state index contributed by atoms with van der Waals surface area (Å²) in [5.41, 5.74) is 6.25. The molecular formula is C9H12N2O2. The molecule has 1 fully saturated rings. The van der Waals surface area contributed by atoms with E-state index in [4.69, 9.17) is 15.2 Å². The Morgan fingerprint density at radius 2 is 2.54 bits per heavy atom. The fourth-order valence-electron chi connectivity index (χ4n) is 1.27. The predicted molar refractivity (Wildman–Crippen MR) is 48.5 cm³/mol. The molecule has 0 saturated carbocycles. The van der Waals surface area contributed by atoms with E-state index in [1.165, 1.54) is 0 Å². The molecule has 13 heavy (non-hydrogen) atoms. The highest BCUT2D eigenvalue weighted by Crippen LogP contribution is 2.20. The van der Waals surface area contributed by atoms with Gasteiger partial charge < -0.3 is 15.2 Å². The minimum Gasteiger partial charge on any atom is -0.470 e. The molecule has 0 spiro atoms. The molecule has 1 aliphatic heterocycles. The standard InChI is InChI=1S/C9H12N2O2/c10-8-2-1-4-11-9(8)13-7-3-5-12-6-7/h1-2,4,7H,3,5-6,10H2. The van der Waals surface area contributed by atoms with Crippen LogP contribution in [0.2, 0.25) is 0 Å². The zero-order chi connectivity index (χ0) is 9.10. The van der Waals surface area contributed by atoms with Crippen molar-refractivity contribution in [2.45, 2.75) is 12.5 Å². The van der Waals surface area contributed by atoms with E-state index in [0.29, 0.717) is 18.2 Å². The molecule has 4 heteroatoms. The maximum atomic E-state index is 5.67. The van der Waals surface area contributed by atoms with Gasteiger partial charge in [0.2, 0.25) is 5.88 Å². The lowest BCUT2D eigenvalue weighted by Gasteiger charge is -2.11. The van der Waals surface area contributed by atoms with Gasteiger partial charge in [-0.25, -0.2) is 4.98 Å². The van der Waals surface area contributed by atoms with Gasteiger partial charge in [0.1, 0.15) is 6.10 Å². The van der Waals surface area contributed by atoms with E-state index >= 15 is 0 Å². The first kappa shape index (κ1) is 8.31. The Kier molecular flexibility index (Phi) is 2.31. The van der Waals surface area contributed by atoms with Crippen molar-refractivity contribution in [2.75, 3.05) is 18.9 Å². The Labute approximate surface area is 76.7 Å². The van der Waals surface area contributed by atoms with E-state index in [-0.39, 0.29) is 6.10 Å². The number of nitrogen functional groups attached to an aromatic ring is 1. The first-order valence-corrected chi connectivity index (χ1v) is 4.31. The fraction of sp³-hybridized carbons (Fsp3) is 0.444. The summed E-state index contributed by atoms with van der Waals surface area (Å²) < 4.78 is 10.7. The molecule has 0 aromatic carbocycles. The Morgan fingerprint density at radius 3 is 3.23 bits per heavy atom. The number of hydrogen-bond acceptors (Lipinski definition) is 4. The third-order valence-electron chi connectivity index (χ3n) is 1.97. The van der Waals surface area contributed by atoms with Crippen LogP contribution in [-0.4, -0.2) is 24.3 Å². The van der Waals surface area contributed by atoms with Gasteiger partial charge in [0.15, 0.2) is 0 Å². The third-order valence-corrected chi connectivity index (χ3v) is 1.97. The summed E-state index contributed by atoms with van der Waals surface area (Å²) in [5, 5.41) is 0. The lowest BCUT2D eigenvalue weighted by Crippen LogP contribution is -2.17. The van der Waals surface area contributed by atoms with Gasteiger partial charge in [0, 0.05) is 12.6 Å². The minimum atomic E-state index is 0.109. The average molecular weight is 180 g/mol. The molecule has 1 saturated heterocycles. The van der Waals surface area contributed by atoms with Gasteiger partial charge in [-0.2, -0.15) is 0 Å². The van der Waals surface area contributed by atoms with Gasteiger partial charge in [0.05, 0.1) is 18.9 Å². The van der Waals surface area contributed by atoms with Gasteiger partial charge in [-0.3, -0.25) is 0 Å². The highest BCUT2D eigenvalue weighted by atomic mass is 16.5. The number of anilines is 1. The maximum Gasteiger partial charge on any atom is 0.237 e. The molecular weight excluding hydrogens is 168 g/mol. The van der Waals surface area contributed by atoms with Gasteiger partial charge in [-0.15, -0.1) is 0 Å². The van der Waals surface area contributed by atoms with E-state index in [2.05, 4.69) is 4.98 Å². The second-order valence-electron chi connectivity index (χ2n) is 3.00. The molecule has 1 aromatic rings. The van der Waals surface area contributed by atoms with Gasteiger partial charge in [-0.05, 0) is 12.1 Å². The van der Waals surface area contributed by atoms with Crippen LogP contribution in [0.4, 0.5) is 5.69 Å². The van der Waals surface area contributed by atoms with Gasteiger partial charge >= 0.3 is 0 Å². The number of pyridine rings is 1. The van der Waals surface area contributed by atoms with Crippen LogP contribution in [0.25, 0.3) is 0 Å². The molecule has 70 valence electrons. The lowest BCUT2D eigenvalue weighted by atomic mass is 10.3. The molecule has 1 atom stereocenters. The molecule has 0 amide bonds. The summed E-state index contributed by atoms with van der Waals surface area (Å²) in [6.07, 6.45) is 2.69. The second-order valence-corrected chi connectivity index (χ2v) is 3.00. The van der Waals surface area contributed by atoms with Crippen LogP contribution in [0.3, 0.4) is 0 Å². The summed E-state index contributed by atoms with van der Waals surface area (Å²) in [7, 11) is 0. The summed E-state index contributed by atoms with van der Waals surface area (Å²) in [4.78, 5) is 4.04. The van der Waals surface area contributed by atoms with Gasteiger partial charge in [0.25, 0.3) is 0 Å². The smallest absolute Gasteiger partial charge is 0.237 e. The van der Waals surface area contributed by atoms with E-state index in [9.17, 15) is 0 Å². The number of rotatable bonds is 2. The molecule has 1 aliphatic rings. The molecule has 0 radical (unpaired) electrons. The van der Waals surface area contributed by atoms with Crippen LogP contribution in [0.15, 0.2) is 18.3 Å². The van der Waals surface area contributed by atoms with Crippen molar-refractivity contribution in [3.05, 3.63) is 18.3 Å². The molecule has 0 aliphatic carbocycles. The quantitative estimate of drug-likeness (QED) is 0.732. The second kappa shape index (κ2) is 3.62. The zero-order valence-electron chi connectivity index (χ0n) is 7.27. The molecule has 4 nitrogen and oxygen atoms in total. The molecule has 2 rings (SSSR count). The van der Waals surface area contributed by atoms with Crippen molar-refractivity contribution in [2.24, 2.45) is 0 Å². The molecule has 1 aromatic heterocycles. The zero-order valence-corrected chi connectivity index (χ0v) is 7.27. The molecule has 1 unspecified atom stereocenters. The normalized spacial score (nSPS) is 21.7. The van der Waals surface area contributed by atoms with Crippen molar-refractivity contribution in [3.8, 4) is 5.88 Å². The molecule has 0 bridgehead atoms. The topological polar surface area (TPSA) is 57.4 Å². The van der Waals surface area contributed by atoms with Crippen molar-refractivity contribution in [1.82, 2.24) is 4.98 Å². The Balaban J connectivity index is 2.04. The molecule has 2 N–H and O–H groups in total. The van der Waals surface area contributed by atoms with E-state index in [1.54, 1.807) is 18.3 Å². The van der Waals surface area contributed by atoms with Crippen LogP contribution < -0.4 is 10.5 Å². The summed E-state index contributed by atoms with van der Waals surface area (Å²) in [6.45, 7) is 1.40. The van der Waals surface area contributed by atoms with Crippen LogP contribution in [0.1, 0.15) is 6.42 Å². The minimum absolute atomic E-state index is 0.109. The van der Waals surface area contributed by atoms with E-state index in [1.807, 2.05) is 0 Å². The predicted octanol–water partition coefficient (Wildman–Crippen LogP) is 0.831. The monoisotopic (exact) mass is 180 g/mol. The molecule has 2 heterocycles. The highest BCUT2D eigenvalue weighted by Gasteiger charge is 2.18. The largest absolute Gasteiger partial charge is 0.470 e. The summed E-state index contributed by atoms with van der Waals surface area (Å²) >= 11 is 0. The van der Waals surface area contributed by atoms with Gasteiger partial charge in [-0.1, -0.05) is 0 Å². The number of ether oxygens (including phenoxy) is 2. The van der Waals surface area contributed by atoms with E-state index < -0.39 is 0 Å². The number of hydrogen-bond donors (Lipinski definition) is 1. The van der Waals surface area contributed by atoms with Crippen molar-refractivity contribution in [1.29, 1.82) is 0 Å². The first-order chi connectivity index (χ1) is 6.36. The van der Waals surface area contributed by atoms with Crippen LogP contribution in [-0.2, 0) is 4.74 Å². The Morgan fingerprint density at radius 1 is 1.62 bits per heavy atom. The Hall–Kier alpha value is -1.29. The van der Waals surface area contributed by atoms with Crippen LogP contribution in [0, 0.1) is 0 Å². The number of nitrogens with two attached hydrogens (primary N) is 1. The summed E-state index contributed by atoms with van der Waals surface area (Å²) in [6, 6.07) is 3.56. The SMILES string of the molecule is Nc1cccnc1OC1CCOC1. The highest BCUT2D eigenvalue weighted by molar-refractivity contribution is 5.46. The first-order valence-electron chi connectivity index (χ1n) is 4.31. The van der Waals surface area contributed by atoms with Crippen molar-refractivity contribution in [3.63, 3.8) is 0 Å². The lowest BCUT2D eigenvalue weighted by molar-refractivity contribution is 0.138. The van der Waals surface area contributed by atoms with Crippen molar-refractivity contribution >= 4 is 5.69 Å². The average Bonchev–Trinajstić information content (AvgIpc) is 2.61. The van der Waals surface area contributed by atoms with E-state index in [0.717, 1.165) is 13.0 Å².